The minimum absolute atomic E-state index is 0.133. The quantitative estimate of drug-likeness (QED) is 0.761. The number of hydrogen-bond acceptors (Lipinski definition) is 2. The lowest BCUT2D eigenvalue weighted by atomic mass is 10.0. The van der Waals surface area contributed by atoms with Gasteiger partial charge in [-0.15, -0.1) is 11.6 Å². The van der Waals surface area contributed by atoms with Crippen molar-refractivity contribution in [2.24, 2.45) is 0 Å². The van der Waals surface area contributed by atoms with E-state index >= 15 is 0 Å². The van der Waals surface area contributed by atoms with Crippen molar-refractivity contribution in [1.82, 2.24) is 5.32 Å². The third kappa shape index (κ3) is 1.68. The molecule has 1 aliphatic rings. The summed E-state index contributed by atoms with van der Waals surface area (Å²) in [6.45, 7) is 0. The van der Waals surface area contributed by atoms with Crippen LogP contribution in [0.15, 0.2) is 30.3 Å². The Bertz CT molecular complexity index is 328. The van der Waals surface area contributed by atoms with E-state index in [2.05, 4.69) is 5.32 Å². The first kappa shape index (κ1) is 9.34. The molecule has 0 saturated carbocycles. The molecule has 3 nitrogen and oxygen atoms in total. The van der Waals surface area contributed by atoms with Gasteiger partial charge in [0.15, 0.2) is 6.10 Å². The monoisotopic (exact) mass is 211 g/mol. The van der Waals surface area contributed by atoms with Crippen molar-refractivity contribution in [3.8, 4) is 0 Å². The fraction of sp³-hybridized carbons (Fsp3) is 0.300. The average Bonchev–Trinajstić information content (AvgIpc) is 2.61. The van der Waals surface area contributed by atoms with Gasteiger partial charge in [0.1, 0.15) is 0 Å². The summed E-state index contributed by atoms with van der Waals surface area (Å²) < 4.78 is 5.12. The lowest BCUT2D eigenvalue weighted by Gasteiger charge is -2.14. The Hall–Kier alpha value is -1.22. The van der Waals surface area contributed by atoms with E-state index in [-0.39, 0.29) is 12.1 Å². The summed E-state index contributed by atoms with van der Waals surface area (Å²) in [5, 5.41) is 2.66. The molecule has 0 bridgehead atoms. The zero-order valence-electron chi connectivity index (χ0n) is 7.44. The number of halogens is 1. The van der Waals surface area contributed by atoms with E-state index in [0.717, 1.165) is 5.56 Å². The highest BCUT2D eigenvalue weighted by Crippen LogP contribution is 2.26. The number of alkyl carbamates (subject to hydrolysis) is 1. The van der Waals surface area contributed by atoms with Gasteiger partial charge in [0, 0.05) is 5.88 Å². The molecule has 0 aliphatic carbocycles. The van der Waals surface area contributed by atoms with Crippen molar-refractivity contribution >= 4 is 17.7 Å². The van der Waals surface area contributed by atoms with Gasteiger partial charge in [-0.1, -0.05) is 30.3 Å². The maximum absolute atomic E-state index is 11.0. The van der Waals surface area contributed by atoms with E-state index in [4.69, 9.17) is 16.3 Å². The third-order valence-electron chi connectivity index (χ3n) is 2.20. The van der Waals surface area contributed by atoms with Crippen LogP contribution in [-0.2, 0) is 4.74 Å². The molecular weight excluding hydrogens is 202 g/mol. The van der Waals surface area contributed by atoms with Crippen LogP contribution in [0.2, 0.25) is 0 Å². The summed E-state index contributed by atoms with van der Waals surface area (Å²) >= 11 is 5.72. The van der Waals surface area contributed by atoms with E-state index < -0.39 is 6.09 Å². The molecule has 1 amide bonds. The Morgan fingerprint density at radius 3 is 2.71 bits per heavy atom. The second-order valence-corrected chi connectivity index (χ2v) is 3.45. The van der Waals surface area contributed by atoms with Crippen molar-refractivity contribution in [2.45, 2.75) is 12.1 Å². The predicted molar refractivity (Wildman–Crippen MR) is 53.3 cm³/mol. The fourth-order valence-corrected chi connectivity index (χ4v) is 1.76. The summed E-state index contributed by atoms with van der Waals surface area (Å²) in [6, 6.07) is 9.45. The SMILES string of the molecule is O=C1N[C@H](CCl)[C@@H](c2ccccc2)O1. The molecule has 1 heterocycles. The summed E-state index contributed by atoms with van der Waals surface area (Å²) in [5.41, 5.74) is 0.969. The highest BCUT2D eigenvalue weighted by molar-refractivity contribution is 6.18. The van der Waals surface area contributed by atoms with Gasteiger partial charge in [-0.3, -0.25) is 0 Å². The number of benzene rings is 1. The largest absolute Gasteiger partial charge is 0.439 e. The van der Waals surface area contributed by atoms with E-state index in [9.17, 15) is 4.79 Å². The second kappa shape index (κ2) is 3.88. The lowest BCUT2D eigenvalue weighted by molar-refractivity contribution is 0.134. The summed E-state index contributed by atoms with van der Waals surface area (Å²) in [7, 11) is 0. The zero-order chi connectivity index (χ0) is 9.97. The molecule has 1 aliphatic heterocycles. The summed E-state index contributed by atoms with van der Waals surface area (Å²) in [4.78, 5) is 11.0. The Labute approximate surface area is 87.0 Å². The van der Waals surface area contributed by atoms with Crippen LogP contribution in [0.25, 0.3) is 0 Å². The van der Waals surface area contributed by atoms with Crippen molar-refractivity contribution in [2.75, 3.05) is 5.88 Å². The molecule has 0 radical (unpaired) electrons. The predicted octanol–water partition coefficient (Wildman–Crippen LogP) is 2.07. The third-order valence-corrected chi connectivity index (χ3v) is 2.53. The van der Waals surface area contributed by atoms with Crippen LogP contribution in [0.1, 0.15) is 11.7 Å². The van der Waals surface area contributed by atoms with Gasteiger partial charge >= 0.3 is 6.09 Å². The van der Waals surface area contributed by atoms with Gasteiger partial charge in [-0.25, -0.2) is 4.79 Å². The van der Waals surface area contributed by atoms with Crippen molar-refractivity contribution in [3.63, 3.8) is 0 Å². The van der Waals surface area contributed by atoms with Crippen LogP contribution >= 0.6 is 11.6 Å². The summed E-state index contributed by atoms with van der Waals surface area (Å²) in [6.07, 6.45) is -0.661. The lowest BCUT2D eigenvalue weighted by Crippen LogP contribution is -2.29. The molecule has 2 rings (SSSR count). The van der Waals surface area contributed by atoms with E-state index in [0.29, 0.717) is 5.88 Å². The van der Waals surface area contributed by atoms with Crippen LogP contribution in [0.4, 0.5) is 4.79 Å². The second-order valence-electron chi connectivity index (χ2n) is 3.14. The maximum atomic E-state index is 11.0. The topological polar surface area (TPSA) is 38.3 Å². The normalized spacial score (nSPS) is 25.6. The van der Waals surface area contributed by atoms with Gasteiger partial charge in [0.25, 0.3) is 0 Å². The smallest absolute Gasteiger partial charge is 0.408 e. The van der Waals surface area contributed by atoms with Gasteiger partial charge < -0.3 is 10.1 Å². The highest BCUT2D eigenvalue weighted by Gasteiger charge is 2.34. The first-order valence-electron chi connectivity index (χ1n) is 4.39. The molecule has 4 heteroatoms. The molecule has 1 fully saturated rings. The average molecular weight is 212 g/mol. The molecule has 2 atom stereocenters. The molecule has 0 unspecified atom stereocenters. The number of carbonyl (C=O) groups is 1. The van der Waals surface area contributed by atoms with Crippen molar-refractivity contribution < 1.29 is 9.53 Å². The van der Waals surface area contributed by atoms with E-state index in [1.54, 1.807) is 0 Å². The number of hydrogen-bond donors (Lipinski definition) is 1. The minimum atomic E-state index is -0.399. The molecule has 1 saturated heterocycles. The number of ether oxygens (including phenoxy) is 1. The van der Waals surface area contributed by atoms with Crippen LogP contribution in [0.3, 0.4) is 0 Å². The number of rotatable bonds is 2. The van der Waals surface area contributed by atoms with Crippen LogP contribution in [0.5, 0.6) is 0 Å². The molecule has 1 aromatic carbocycles. The van der Waals surface area contributed by atoms with Gasteiger partial charge in [0.05, 0.1) is 6.04 Å². The number of amides is 1. The van der Waals surface area contributed by atoms with Crippen LogP contribution in [-0.4, -0.2) is 18.0 Å². The Morgan fingerprint density at radius 1 is 1.36 bits per heavy atom. The molecule has 0 aromatic heterocycles. The van der Waals surface area contributed by atoms with Crippen LogP contribution in [0, 0.1) is 0 Å². The number of carbonyl (C=O) groups excluding carboxylic acids is 1. The first-order valence-corrected chi connectivity index (χ1v) is 4.93. The van der Waals surface area contributed by atoms with Crippen molar-refractivity contribution in [3.05, 3.63) is 35.9 Å². The Kier molecular flexibility index (Phi) is 2.59. The van der Waals surface area contributed by atoms with Crippen molar-refractivity contribution in [1.29, 1.82) is 0 Å². The number of nitrogens with one attached hydrogen (secondary N) is 1. The Balaban J connectivity index is 2.22. The number of alkyl halides is 1. The number of cyclic esters (lactones) is 1. The fourth-order valence-electron chi connectivity index (χ4n) is 1.52. The van der Waals surface area contributed by atoms with Gasteiger partial charge in [0.2, 0.25) is 0 Å². The highest BCUT2D eigenvalue weighted by atomic mass is 35.5. The van der Waals surface area contributed by atoms with E-state index in [1.807, 2.05) is 30.3 Å². The Morgan fingerprint density at radius 2 is 2.07 bits per heavy atom. The van der Waals surface area contributed by atoms with Gasteiger partial charge in [-0.2, -0.15) is 0 Å². The minimum Gasteiger partial charge on any atom is -0.439 e. The summed E-state index contributed by atoms with van der Waals surface area (Å²) in [5.74, 6) is 0.352. The molecular formula is C10H10ClNO2. The van der Waals surface area contributed by atoms with Gasteiger partial charge in [-0.05, 0) is 5.56 Å². The zero-order valence-corrected chi connectivity index (χ0v) is 8.20. The van der Waals surface area contributed by atoms with Crippen LogP contribution < -0.4 is 5.32 Å². The molecule has 74 valence electrons. The van der Waals surface area contributed by atoms with E-state index in [1.165, 1.54) is 0 Å². The maximum Gasteiger partial charge on any atom is 0.408 e. The molecule has 0 spiro atoms. The standard InChI is InChI=1S/C10H10ClNO2/c11-6-8-9(14-10(13)12-8)7-4-2-1-3-5-7/h1-5,8-9H,6H2,(H,12,13)/t8-,9-/m1/s1. The molecule has 14 heavy (non-hydrogen) atoms. The first-order chi connectivity index (χ1) is 6.81. The molecule has 1 N–H and O–H groups in total. The molecule has 1 aromatic rings.